The molecule has 0 saturated carbocycles. The highest BCUT2D eigenvalue weighted by atomic mass is 16.3. The van der Waals surface area contributed by atoms with Crippen LogP contribution < -0.4 is 5.32 Å². The minimum absolute atomic E-state index is 0.503. The van der Waals surface area contributed by atoms with Crippen LogP contribution in [0.25, 0.3) is 0 Å². The second-order valence-electron chi connectivity index (χ2n) is 6.84. The maximum absolute atomic E-state index is 5.71. The topological polar surface area (TPSA) is 28.4 Å². The van der Waals surface area contributed by atoms with Crippen molar-refractivity contribution in [3.8, 4) is 0 Å². The Morgan fingerprint density at radius 2 is 2.15 bits per heavy atom. The van der Waals surface area contributed by atoms with Gasteiger partial charge in [0, 0.05) is 12.1 Å². The first-order chi connectivity index (χ1) is 9.61. The third-order valence-corrected chi connectivity index (χ3v) is 4.38. The molecule has 2 rings (SSSR count). The van der Waals surface area contributed by atoms with Crippen molar-refractivity contribution in [2.45, 2.75) is 59.5 Å². The first-order valence-electron chi connectivity index (χ1n) is 8.09. The Morgan fingerprint density at radius 3 is 2.95 bits per heavy atom. The van der Waals surface area contributed by atoms with Gasteiger partial charge in [0.05, 0.1) is 12.8 Å². The third kappa shape index (κ3) is 4.64. The van der Waals surface area contributed by atoms with Crippen LogP contribution in [0, 0.1) is 5.41 Å². The lowest BCUT2D eigenvalue weighted by atomic mass is 9.85. The van der Waals surface area contributed by atoms with E-state index in [4.69, 9.17) is 4.42 Å². The Kier molecular flexibility index (Phi) is 5.67. The van der Waals surface area contributed by atoms with Crippen LogP contribution in [0.3, 0.4) is 0 Å². The molecule has 0 radical (unpaired) electrons. The van der Waals surface area contributed by atoms with Crippen molar-refractivity contribution in [1.29, 1.82) is 0 Å². The van der Waals surface area contributed by atoms with E-state index >= 15 is 0 Å². The van der Waals surface area contributed by atoms with Gasteiger partial charge in [-0.05, 0) is 56.8 Å². The van der Waals surface area contributed by atoms with Crippen molar-refractivity contribution in [2.24, 2.45) is 5.41 Å². The first-order valence-corrected chi connectivity index (χ1v) is 8.09. The summed E-state index contributed by atoms with van der Waals surface area (Å²) < 4.78 is 5.71. The molecule has 1 aliphatic rings. The van der Waals surface area contributed by atoms with Crippen LogP contribution in [-0.4, -0.2) is 24.5 Å². The van der Waals surface area contributed by atoms with Crippen LogP contribution in [0.15, 0.2) is 16.7 Å². The molecule has 0 bridgehead atoms. The van der Waals surface area contributed by atoms with Gasteiger partial charge >= 0.3 is 0 Å². The summed E-state index contributed by atoms with van der Waals surface area (Å²) in [4.78, 5) is 2.55. The lowest BCUT2D eigenvalue weighted by Gasteiger charge is -2.23. The molecule has 1 N–H and O–H groups in total. The molecule has 3 heteroatoms. The fraction of sp³-hybridized carbons (Fsp3) is 0.765. The number of likely N-dealkylation sites (tertiary alicyclic amines) is 1. The van der Waals surface area contributed by atoms with Crippen molar-refractivity contribution in [3.05, 3.63) is 23.7 Å². The summed E-state index contributed by atoms with van der Waals surface area (Å²) in [6.07, 6.45) is 6.94. The summed E-state index contributed by atoms with van der Waals surface area (Å²) in [5.74, 6) is 1.15. The van der Waals surface area contributed by atoms with Crippen LogP contribution in [-0.2, 0) is 13.1 Å². The second kappa shape index (κ2) is 7.28. The Hall–Kier alpha value is -0.800. The predicted molar refractivity (Wildman–Crippen MR) is 83.6 cm³/mol. The zero-order valence-corrected chi connectivity index (χ0v) is 13.4. The zero-order chi connectivity index (χ0) is 14.4. The van der Waals surface area contributed by atoms with Crippen LogP contribution >= 0.6 is 0 Å². The molecule has 114 valence electrons. The number of hydrogen-bond acceptors (Lipinski definition) is 3. The van der Waals surface area contributed by atoms with Crippen LogP contribution in [0.5, 0.6) is 0 Å². The summed E-state index contributed by atoms with van der Waals surface area (Å²) in [5, 5.41) is 3.46. The van der Waals surface area contributed by atoms with Gasteiger partial charge in [0.2, 0.25) is 0 Å². The molecule has 0 unspecified atom stereocenters. The van der Waals surface area contributed by atoms with Crippen molar-refractivity contribution in [1.82, 2.24) is 10.2 Å². The van der Waals surface area contributed by atoms with E-state index in [-0.39, 0.29) is 0 Å². The summed E-state index contributed by atoms with van der Waals surface area (Å²) >= 11 is 0. The van der Waals surface area contributed by atoms with Gasteiger partial charge in [-0.3, -0.25) is 4.90 Å². The van der Waals surface area contributed by atoms with Gasteiger partial charge in [-0.1, -0.05) is 20.8 Å². The Balaban J connectivity index is 1.88. The molecule has 1 aromatic rings. The van der Waals surface area contributed by atoms with Crippen LogP contribution in [0.1, 0.15) is 57.8 Å². The minimum Gasteiger partial charge on any atom is -0.468 e. The lowest BCUT2D eigenvalue weighted by Crippen LogP contribution is -2.25. The summed E-state index contributed by atoms with van der Waals surface area (Å²) in [6, 6.07) is 2.11. The van der Waals surface area contributed by atoms with Gasteiger partial charge < -0.3 is 9.73 Å². The van der Waals surface area contributed by atoms with E-state index in [0.29, 0.717) is 5.41 Å². The van der Waals surface area contributed by atoms with E-state index in [2.05, 4.69) is 37.1 Å². The largest absolute Gasteiger partial charge is 0.468 e. The highest BCUT2D eigenvalue weighted by Gasteiger charge is 2.23. The molecule has 0 amide bonds. The Bertz CT molecular complexity index is 397. The fourth-order valence-corrected chi connectivity index (χ4v) is 2.90. The Morgan fingerprint density at radius 1 is 1.30 bits per heavy atom. The molecule has 0 aromatic carbocycles. The molecule has 3 nitrogen and oxygen atoms in total. The van der Waals surface area contributed by atoms with E-state index in [0.717, 1.165) is 25.4 Å². The molecule has 0 atom stereocenters. The highest BCUT2D eigenvalue weighted by Crippen LogP contribution is 2.30. The maximum atomic E-state index is 5.71. The quantitative estimate of drug-likeness (QED) is 0.803. The highest BCUT2D eigenvalue weighted by molar-refractivity contribution is 5.16. The van der Waals surface area contributed by atoms with Crippen LogP contribution in [0.2, 0.25) is 0 Å². The molecular weight excluding hydrogens is 248 g/mol. The average Bonchev–Trinajstić information content (AvgIpc) is 2.75. The molecule has 1 aromatic heterocycles. The molecule has 0 spiro atoms. The van der Waals surface area contributed by atoms with Gasteiger partial charge in [0.25, 0.3) is 0 Å². The molecule has 1 saturated heterocycles. The van der Waals surface area contributed by atoms with E-state index in [1.165, 1.54) is 44.3 Å². The van der Waals surface area contributed by atoms with Crippen molar-refractivity contribution in [3.63, 3.8) is 0 Å². The Labute approximate surface area is 123 Å². The van der Waals surface area contributed by atoms with Gasteiger partial charge in [-0.2, -0.15) is 0 Å². The fourth-order valence-electron chi connectivity index (χ4n) is 2.90. The number of nitrogens with zero attached hydrogens (tertiary/aromatic N) is 1. The van der Waals surface area contributed by atoms with Gasteiger partial charge in [-0.15, -0.1) is 0 Å². The van der Waals surface area contributed by atoms with E-state index in [1.54, 1.807) is 0 Å². The van der Waals surface area contributed by atoms with Crippen molar-refractivity contribution >= 4 is 0 Å². The van der Waals surface area contributed by atoms with Crippen molar-refractivity contribution in [2.75, 3.05) is 19.6 Å². The molecule has 1 aliphatic heterocycles. The summed E-state index contributed by atoms with van der Waals surface area (Å²) in [7, 11) is 0. The molecular formula is C17H30N2O. The SMILES string of the molecule is CCCNCc1ccoc1CN1CCCC(C)(C)CC1. The molecule has 20 heavy (non-hydrogen) atoms. The monoisotopic (exact) mass is 278 g/mol. The van der Waals surface area contributed by atoms with Gasteiger partial charge in [0.1, 0.15) is 5.76 Å². The van der Waals surface area contributed by atoms with E-state index in [9.17, 15) is 0 Å². The second-order valence-corrected chi connectivity index (χ2v) is 6.84. The number of nitrogens with one attached hydrogen (secondary N) is 1. The third-order valence-electron chi connectivity index (χ3n) is 4.38. The normalized spacial score (nSPS) is 19.9. The minimum atomic E-state index is 0.503. The summed E-state index contributed by atoms with van der Waals surface area (Å²) in [5.41, 5.74) is 1.82. The van der Waals surface area contributed by atoms with Gasteiger partial charge in [0.15, 0.2) is 0 Å². The molecule has 2 heterocycles. The predicted octanol–water partition coefficient (Wildman–Crippen LogP) is 3.79. The first kappa shape index (κ1) is 15.6. The molecule has 1 fully saturated rings. The average molecular weight is 278 g/mol. The lowest BCUT2D eigenvalue weighted by molar-refractivity contribution is 0.237. The van der Waals surface area contributed by atoms with Crippen LogP contribution in [0.4, 0.5) is 0 Å². The number of rotatable bonds is 6. The smallest absolute Gasteiger partial charge is 0.122 e. The maximum Gasteiger partial charge on any atom is 0.122 e. The van der Waals surface area contributed by atoms with Gasteiger partial charge in [-0.25, -0.2) is 0 Å². The number of furan rings is 1. The zero-order valence-electron chi connectivity index (χ0n) is 13.4. The van der Waals surface area contributed by atoms with Crippen molar-refractivity contribution < 1.29 is 4.42 Å². The summed E-state index contributed by atoms with van der Waals surface area (Å²) in [6.45, 7) is 12.3. The number of hydrogen-bond donors (Lipinski definition) is 1. The molecule has 0 aliphatic carbocycles. The van der Waals surface area contributed by atoms with E-state index in [1.807, 2.05) is 6.26 Å². The van der Waals surface area contributed by atoms with E-state index < -0.39 is 0 Å². The standard InChI is InChI=1S/C17H30N2O/c1-4-9-18-13-15-6-12-20-16(15)14-19-10-5-7-17(2,3)8-11-19/h6,12,18H,4-5,7-11,13-14H2,1-3H3.